The lowest BCUT2D eigenvalue weighted by atomic mass is 9.84. The van der Waals surface area contributed by atoms with Gasteiger partial charge in [-0.25, -0.2) is 9.59 Å². The molecule has 7 nitrogen and oxygen atoms in total. The van der Waals surface area contributed by atoms with Crippen molar-refractivity contribution in [2.75, 3.05) is 0 Å². The van der Waals surface area contributed by atoms with Crippen molar-refractivity contribution in [2.24, 2.45) is 5.18 Å². The van der Waals surface area contributed by atoms with Crippen LogP contribution in [-0.4, -0.2) is 17.2 Å². The second kappa shape index (κ2) is 7.77. The molecule has 0 saturated carbocycles. The van der Waals surface area contributed by atoms with Gasteiger partial charge in [0.15, 0.2) is 5.75 Å². The Kier molecular flexibility index (Phi) is 5.71. The zero-order chi connectivity index (χ0) is 19.3. The maximum atomic E-state index is 12.1. The summed E-state index contributed by atoms with van der Waals surface area (Å²) in [5.74, 6) is -1.50. The molecule has 0 spiro atoms. The van der Waals surface area contributed by atoms with Crippen LogP contribution in [0.3, 0.4) is 0 Å². The van der Waals surface area contributed by atoms with Crippen molar-refractivity contribution in [3.63, 3.8) is 0 Å². The molecular weight excluding hydrogens is 338 g/mol. The van der Waals surface area contributed by atoms with Gasteiger partial charge < -0.3 is 14.6 Å². The van der Waals surface area contributed by atoms with Gasteiger partial charge in [-0.3, -0.25) is 0 Å². The Bertz CT molecular complexity index is 824. The van der Waals surface area contributed by atoms with Gasteiger partial charge in [-0.05, 0) is 28.3 Å². The fraction of sp³-hybridized carbons (Fsp3) is 0.263. The largest absolute Gasteiger partial charge is 0.514 e. The summed E-state index contributed by atoms with van der Waals surface area (Å²) in [6.45, 7) is 5.38. The molecule has 0 fully saturated rings. The maximum Gasteiger partial charge on any atom is 0.514 e. The standard InChI is InChI=1S/C19H19NO6/c1-19(2,3)15-10-13(20-24)9-14(17(21)22)16(15)26-18(23)25-11-12-7-5-4-6-8-12/h4-10H,11H2,1-3H3,(H,21,22). The highest BCUT2D eigenvalue weighted by atomic mass is 16.7. The summed E-state index contributed by atoms with van der Waals surface area (Å²) < 4.78 is 10.3. The maximum absolute atomic E-state index is 12.1. The molecule has 0 aliphatic carbocycles. The second-order valence-corrected chi connectivity index (χ2v) is 6.64. The normalized spacial score (nSPS) is 10.9. The third-order valence-corrected chi connectivity index (χ3v) is 3.60. The van der Waals surface area contributed by atoms with Gasteiger partial charge in [0, 0.05) is 5.56 Å². The van der Waals surface area contributed by atoms with Crippen LogP contribution in [-0.2, 0) is 16.8 Å². The Morgan fingerprint density at radius 3 is 2.31 bits per heavy atom. The Labute approximate surface area is 150 Å². The third kappa shape index (κ3) is 4.66. The zero-order valence-electron chi connectivity index (χ0n) is 14.7. The molecule has 0 atom stereocenters. The monoisotopic (exact) mass is 357 g/mol. The smallest absolute Gasteiger partial charge is 0.478 e. The number of nitrogens with zero attached hydrogens (tertiary/aromatic N) is 1. The van der Waals surface area contributed by atoms with Crippen LogP contribution in [0.2, 0.25) is 0 Å². The van der Waals surface area contributed by atoms with Crippen molar-refractivity contribution in [2.45, 2.75) is 32.8 Å². The first-order chi connectivity index (χ1) is 12.2. The van der Waals surface area contributed by atoms with Crippen LogP contribution in [0.4, 0.5) is 10.5 Å². The first kappa shape index (κ1) is 19.1. The Morgan fingerprint density at radius 1 is 1.12 bits per heavy atom. The van der Waals surface area contributed by atoms with Gasteiger partial charge in [0.25, 0.3) is 0 Å². The van der Waals surface area contributed by atoms with E-state index in [1.165, 1.54) is 6.07 Å². The lowest BCUT2D eigenvalue weighted by Crippen LogP contribution is -2.19. The number of ether oxygens (including phenoxy) is 2. The zero-order valence-corrected chi connectivity index (χ0v) is 14.7. The molecule has 0 aliphatic heterocycles. The number of hydrogen-bond donors (Lipinski definition) is 1. The lowest BCUT2D eigenvalue weighted by Gasteiger charge is -2.23. The molecule has 0 unspecified atom stereocenters. The third-order valence-electron chi connectivity index (χ3n) is 3.60. The fourth-order valence-corrected chi connectivity index (χ4v) is 2.32. The molecule has 0 bridgehead atoms. The van der Waals surface area contributed by atoms with Gasteiger partial charge in [0.2, 0.25) is 0 Å². The molecule has 0 aliphatic rings. The van der Waals surface area contributed by atoms with Crippen molar-refractivity contribution in [1.29, 1.82) is 0 Å². The Morgan fingerprint density at radius 2 is 1.77 bits per heavy atom. The van der Waals surface area contributed by atoms with Crippen LogP contribution < -0.4 is 4.74 Å². The summed E-state index contributed by atoms with van der Waals surface area (Å²) in [4.78, 5) is 34.5. The van der Waals surface area contributed by atoms with E-state index in [4.69, 9.17) is 9.47 Å². The van der Waals surface area contributed by atoms with E-state index in [9.17, 15) is 19.6 Å². The summed E-state index contributed by atoms with van der Waals surface area (Å²) >= 11 is 0. The van der Waals surface area contributed by atoms with Crippen LogP contribution in [0.15, 0.2) is 47.6 Å². The number of aromatic carboxylic acids is 1. The van der Waals surface area contributed by atoms with Gasteiger partial charge in [-0.2, -0.15) is 0 Å². The van der Waals surface area contributed by atoms with Crippen LogP contribution in [0.5, 0.6) is 5.75 Å². The van der Waals surface area contributed by atoms with E-state index in [-0.39, 0.29) is 23.6 Å². The van der Waals surface area contributed by atoms with Gasteiger partial charge in [0.1, 0.15) is 17.9 Å². The molecule has 0 amide bonds. The predicted molar refractivity (Wildman–Crippen MR) is 94.8 cm³/mol. The average Bonchev–Trinajstić information content (AvgIpc) is 2.59. The summed E-state index contributed by atoms with van der Waals surface area (Å²) in [6, 6.07) is 11.5. The minimum Gasteiger partial charge on any atom is -0.478 e. The Hall–Kier alpha value is -3.22. The SMILES string of the molecule is CC(C)(C)c1cc(N=O)cc(C(=O)O)c1OC(=O)OCc1ccccc1. The van der Waals surface area contributed by atoms with Crippen LogP contribution in [0.25, 0.3) is 0 Å². The van der Waals surface area contributed by atoms with Gasteiger partial charge in [-0.15, -0.1) is 4.91 Å². The number of hydrogen-bond acceptors (Lipinski definition) is 6. The minimum absolute atomic E-state index is 0.0130. The fourth-order valence-electron chi connectivity index (χ4n) is 2.32. The molecule has 2 rings (SSSR count). The summed E-state index contributed by atoms with van der Waals surface area (Å²) in [5, 5.41) is 12.2. The van der Waals surface area contributed by atoms with Crippen LogP contribution >= 0.6 is 0 Å². The molecule has 136 valence electrons. The van der Waals surface area contributed by atoms with E-state index in [2.05, 4.69) is 5.18 Å². The van der Waals surface area contributed by atoms with Crippen molar-refractivity contribution in [1.82, 2.24) is 0 Å². The number of carbonyl (C=O) groups is 2. The first-order valence-electron chi connectivity index (χ1n) is 7.86. The lowest BCUT2D eigenvalue weighted by molar-refractivity contribution is 0.0687. The average molecular weight is 357 g/mol. The molecule has 2 aromatic rings. The van der Waals surface area contributed by atoms with Crippen LogP contribution in [0.1, 0.15) is 42.3 Å². The molecule has 2 aromatic carbocycles. The highest BCUT2D eigenvalue weighted by Crippen LogP contribution is 2.38. The van der Waals surface area contributed by atoms with E-state index in [0.717, 1.165) is 11.6 Å². The van der Waals surface area contributed by atoms with E-state index in [1.807, 2.05) is 6.07 Å². The van der Waals surface area contributed by atoms with Crippen molar-refractivity contribution < 1.29 is 24.2 Å². The second-order valence-electron chi connectivity index (χ2n) is 6.64. The van der Waals surface area contributed by atoms with Gasteiger partial charge >= 0.3 is 12.1 Å². The van der Waals surface area contributed by atoms with Crippen molar-refractivity contribution in [3.05, 3.63) is 64.1 Å². The number of carbonyl (C=O) groups excluding carboxylic acids is 1. The topological polar surface area (TPSA) is 102 Å². The molecule has 0 heterocycles. The number of benzene rings is 2. The molecule has 7 heteroatoms. The number of carboxylic acids is 1. The minimum atomic E-state index is -1.34. The van der Waals surface area contributed by atoms with E-state index < -0.39 is 17.5 Å². The van der Waals surface area contributed by atoms with Gasteiger partial charge in [-0.1, -0.05) is 51.1 Å². The molecular formula is C19H19NO6. The van der Waals surface area contributed by atoms with E-state index in [0.29, 0.717) is 5.56 Å². The molecule has 0 aromatic heterocycles. The van der Waals surface area contributed by atoms with Crippen LogP contribution in [0, 0.1) is 4.91 Å². The highest BCUT2D eigenvalue weighted by Gasteiger charge is 2.28. The van der Waals surface area contributed by atoms with Crippen molar-refractivity contribution in [3.8, 4) is 5.75 Å². The first-order valence-corrected chi connectivity index (χ1v) is 7.86. The molecule has 0 radical (unpaired) electrons. The molecule has 26 heavy (non-hydrogen) atoms. The molecule has 0 saturated heterocycles. The van der Waals surface area contributed by atoms with Gasteiger partial charge in [0.05, 0.1) is 0 Å². The summed E-state index contributed by atoms with van der Waals surface area (Å²) in [5.41, 5.74) is 0.143. The number of nitroso groups, excluding NO2 is 1. The number of carboxylic acid groups (broad SMARTS) is 1. The quantitative estimate of drug-likeness (QED) is 0.468. The van der Waals surface area contributed by atoms with E-state index in [1.54, 1.807) is 45.0 Å². The highest BCUT2D eigenvalue weighted by molar-refractivity contribution is 5.93. The summed E-state index contributed by atoms with van der Waals surface area (Å²) in [7, 11) is 0. The van der Waals surface area contributed by atoms with Crippen molar-refractivity contribution >= 4 is 17.8 Å². The number of rotatable bonds is 5. The predicted octanol–water partition coefficient (Wildman–Crippen LogP) is 4.80. The Balaban J connectivity index is 2.32. The molecule has 1 N–H and O–H groups in total. The summed E-state index contributed by atoms with van der Waals surface area (Å²) in [6.07, 6.45) is -1.03. The van der Waals surface area contributed by atoms with E-state index >= 15 is 0 Å².